The van der Waals surface area contributed by atoms with E-state index in [0.29, 0.717) is 5.56 Å². The molecule has 3 nitrogen and oxygen atoms in total. The number of aryl methyl sites for hydroxylation is 2. The average molecular weight is 358 g/mol. The van der Waals surface area contributed by atoms with Crippen molar-refractivity contribution < 1.29 is 4.79 Å². The van der Waals surface area contributed by atoms with Crippen LogP contribution in [-0.4, -0.2) is 10.9 Å². The number of nitrogens with one attached hydrogen (secondary N) is 1. The minimum absolute atomic E-state index is 0.0988. The Morgan fingerprint density at radius 2 is 1.81 bits per heavy atom. The summed E-state index contributed by atoms with van der Waals surface area (Å²) >= 11 is 1.66. The first-order valence-corrected chi connectivity index (χ1v) is 9.26. The Bertz CT molecular complexity index is 1080. The molecule has 0 unspecified atom stereocenters. The summed E-state index contributed by atoms with van der Waals surface area (Å²) in [6, 6.07) is 21.8. The highest BCUT2D eigenvalue weighted by atomic mass is 32.1. The molecule has 0 radical (unpaired) electrons. The smallest absolute Gasteiger partial charge is 0.255 e. The Kier molecular flexibility index (Phi) is 4.27. The molecular weight excluding hydrogens is 340 g/mol. The van der Waals surface area contributed by atoms with Crippen molar-refractivity contribution in [2.45, 2.75) is 13.8 Å². The first kappa shape index (κ1) is 16.5. The summed E-state index contributed by atoms with van der Waals surface area (Å²) < 4.78 is 1.16. The zero-order valence-electron chi connectivity index (χ0n) is 14.6. The fourth-order valence-corrected chi connectivity index (χ4v) is 3.83. The van der Waals surface area contributed by atoms with Crippen molar-refractivity contribution in [3.05, 3.63) is 83.4 Å². The number of carbonyl (C=O) groups is 1. The van der Waals surface area contributed by atoms with E-state index in [2.05, 4.69) is 17.4 Å². The van der Waals surface area contributed by atoms with Crippen molar-refractivity contribution in [3.63, 3.8) is 0 Å². The summed E-state index contributed by atoms with van der Waals surface area (Å²) in [7, 11) is 0. The molecule has 0 aliphatic carbocycles. The molecule has 0 aliphatic rings. The van der Waals surface area contributed by atoms with E-state index >= 15 is 0 Å². The van der Waals surface area contributed by atoms with E-state index in [4.69, 9.17) is 4.98 Å². The van der Waals surface area contributed by atoms with Gasteiger partial charge < -0.3 is 5.32 Å². The lowest BCUT2D eigenvalue weighted by Crippen LogP contribution is -2.12. The number of aromatic nitrogens is 1. The van der Waals surface area contributed by atoms with Gasteiger partial charge in [-0.1, -0.05) is 42.0 Å². The third-order valence-electron chi connectivity index (χ3n) is 4.31. The first-order chi connectivity index (χ1) is 12.6. The Morgan fingerprint density at radius 1 is 0.962 bits per heavy atom. The molecule has 1 N–H and O–H groups in total. The molecule has 3 aromatic carbocycles. The molecule has 1 heterocycles. The lowest BCUT2D eigenvalue weighted by atomic mass is 10.1. The Balaban J connectivity index is 1.67. The molecule has 4 heteroatoms. The number of carbonyl (C=O) groups excluding carboxylic acids is 1. The molecule has 26 heavy (non-hydrogen) atoms. The number of rotatable bonds is 3. The van der Waals surface area contributed by atoms with Crippen LogP contribution in [0.3, 0.4) is 0 Å². The lowest BCUT2D eigenvalue weighted by Gasteiger charge is -2.10. The Hall–Kier alpha value is -2.98. The predicted molar refractivity (Wildman–Crippen MR) is 109 cm³/mol. The van der Waals surface area contributed by atoms with E-state index in [0.717, 1.165) is 37.6 Å². The van der Waals surface area contributed by atoms with E-state index in [-0.39, 0.29) is 5.91 Å². The van der Waals surface area contributed by atoms with Crippen LogP contribution in [0.4, 0.5) is 5.69 Å². The van der Waals surface area contributed by atoms with Gasteiger partial charge in [-0.25, -0.2) is 4.98 Å². The van der Waals surface area contributed by atoms with Gasteiger partial charge in [-0.2, -0.15) is 0 Å². The van der Waals surface area contributed by atoms with Crippen molar-refractivity contribution in [1.29, 1.82) is 0 Å². The van der Waals surface area contributed by atoms with Crippen LogP contribution < -0.4 is 5.32 Å². The van der Waals surface area contributed by atoms with E-state index in [1.165, 1.54) is 0 Å². The summed E-state index contributed by atoms with van der Waals surface area (Å²) in [5, 5.41) is 3.99. The number of fused-ring (bicyclic) bond motifs is 1. The molecule has 4 rings (SSSR count). The summed E-state index contributed by atoms with van der Waals surface area (Å²) in [6.45, 7) is 3.98. The highest BCUT2D eigenvalue weighted by Gasteiger charge is 2.11. The maximum absolute atomic E-state index is 12.6. The van der Waals surface area contributed by atoms with Gasteiger partial charge >= 0.3 is 0 Å². The molecule has 1 amide bonds. The number of para-hydroxylation sites is 1. The topological polar surface area (TPSA) is 42.0 Å². The molecule has 4 aromatic rings. The quantitative estimate of drug-likeness (QED) is 0.500. The molecule has 0 spiro atoms. The fraction of sp³-hybridized carbons (Fsp3) is 0.0909. The second kappa shape index (κ2) is 6.73. The Morgan fingerprint density at radius 3 is 2.62 bits per heavy atom. The van der Waals surface area contributed by atoms with Gasteiger partial charge in [0, 0.05) is 16.8 Å². The molecule has 0 saturated heterocycles. The first-order valence-electron chi connectivity index (χ1n) is 8.45. The zero-order chi connectivity index (χ0) is 18.1. The second-order valence-electron chi connectivity index (χ2n) is 6.34. The van der Waals surface area contributed by atoms with Gasteiger partial charge in [0.1, 0.15) is 5.01 Å². The van der Waals surface area contributed by atoms with Gasteiger partial charge in [0.2, 0.25) is 0 Å². The van der Waals surface area contributed by atoms with Crippen LogP contribution in [0.15, 0.2) is 66.7 Å². The molecule has 0 atom stereocenters. The standard InChI is InChI=1S/C22H18N2OS/c1-14-6-5-7-16(12-14)21(25)23-19-13-17(11-10-15(19)2)22-24-18-8-3-4-9-20(18)26-22/h3-13H,1-2H3,(H,23,25). The number of thiazole rings is 1. The Labute approximate surface area is 156 Å². The minimum atomic E-state index is -0.0988. The number of benzene rings is 3. The average Bonchev–Trinajstić information content (AvgIpc) is 3.07. The second-order valence-corrected chi connectivity index (χ2v) is 7.37. The third kappa shape index (κ3) is 3.24. The number of nitrogens with zero attached hydrogens (tertiary/aromatic N) is 1. The molecule has 0 bridgehead atoms. The van der Waals surface area contributed by atoms with E-state index in [1.807, 2.05) is 68.4 Å². The summed E-state index contributed by atoms with van der Waals surface area (Å²) in [5.41, 5.74) is 5.58. The monoisotopic (exact) mass is 358 g/mol. The lowest BCUT2D eigenvalue weighted by molar-refractivity contribution is 0.102. The van der Waals surface area contributed by atoms with Gasteiger partial charge in [0.05, 0.1) is 10.2 Å². The van der Waals surface area contributed by atoms with Crippen LogP contribution in [0.25, 0.3) is 20.8 Å². The van der Waals surface area contributed by atoms with Crippen LogP contribution in [0.2, 0.25) is 0 Å². The zero-order valence-corrected chi connectivity index (χ0v) is 15.4. The summed E-state index contributed by atoms with van der Waals surface area (Å²) in [6.07, 6.45) is 0. The van der Waals surface area contributed by atoms with Gasteiger partial charge in [0.25, 0.3) is 5.91 Å². The number of hydrogen-bond donors (Lipinski definition) is 1. The van der Waals surface area contributed by atoms with E-state index in [1.54, 1.807) is 11.3 Å². The summed E-state index contributed by atoms with van der Waals surface area (Å²) in [5.74, 6) is -0.0988. The number of hydrogen-bond acceptors (Lipinski definition) is 3. The van der Waals surface area contributed by atoms with Crippen LogP contribution in [0.1, 0.15) is 21.5 Å². The SMILES string of the molecule is Cc1cccc(C(=O)Nc2cc(-c3nc4ccccc4s3)ccc2C)c1. The predicted octanol–water partition coefficient (Wildman–Crippen LogP) is 5.83. The van der Waals surface area contributed by atoms with Crippen molar-refractivity contribution in [1.82, 2.24) is 4.98 Å². The third-order valence-corrected chi connectivity index (χ3v) is 5.39. The van der Waals surface area contributed by atoms with Crippen LogP contribution in [-0.2, 0) is 0 Å². The number of amides is 1. The molecular formula is C22H18N2OS. The van der Waals surface area contributed by atoms with Crippen LogP contribution in [0, 0.1) is 13.8 Å². The van der Waals surface area contributed by atoms with Crippen molar-refractivity contribution in [3.8, 4) is 10.6 Å². The van der Waals surface area contributed by atoms with Gasteiger partial charge in [0.15, 0.2) is 0 Å². The number of anilines is 1. The minimum Gasteiger partial charge on any atom is -0.322 e. The van der Waals surface area contributed by atoms with Gasteiger partial charge in [-0.15, -0.1) is 11.3 Å². The molecule has 0 aliphatic heterocycles. The van der Waals surface area contributed by atoms with Gasteiger partial charge in [-0.05, 0) is 49.7 Å². The van der Waals surface area contributed by atoms with E-state index in [9.17, 15) is 4.79 Å². The van der Waals surface area contributed by atoms with Crippen LogP contribution >= 0.6 is 11.3 Å². The largest absolute Gasteiger partial charge is 0.322 e. The highest BCUT2D eigenvalue weighted by molar-refractivity contribution is 7.21. The van der Waals surface area contributed by atoms with Crippen molar-refractivity contribution in [2.75, 3.05) is 5.32 Å². The van der Waals surface area contributed by atoms with Gasteiger partial charge in [-0.3, -0.25) is 4.79 Å². The maximum Gasteiger partial charge on any atom is 0.255 e. The fourth-order valence-electron chi connectivity index (χ4n) is 2.87. The molecule has 0 fully saturated rings. The molecule has 128 valence electrons. The highest BCUT2D eigenvalue weighted by Crippen LogP contribution is 2.32. The van der Waals surface area contributed by atoms with Crippen LogP contribution in [0.5, 0.6) is 0 Å². The molecule has 0 saturated carbocycles. The van der Waals surface area contributed by atoms with Crippen molar-refractivity contribution in [2.24, 2.45) is 0 Å². The van der Waals surface area contributed by atoms with Crippen molar-refractivity contribution >= 4 is 33.1 Å². The molecule has 1 aromatic heterocycles. The maximum atomic E-state index is 12.6. The van der Waals surface area contributed by atoms with E-state index < -0.39 is 0 Å². The summed E-state index contributed by atoms with van der Waals surface area (Å²) in [4.78, 5) is 17.3. The normalized spacial score (nSPS) is 10.8.